The molecule has 1 aliphatic heterocycles. The van der Waals surface area contributed by atoms with Gasteiger partial charge in [-0.2, -0.15) is 0 Å². The van der Waals surface area contributed by atoms with Gasteiger partial charge in [0, 0.05) is 18.4 Å². The third-order valence-electron chi connectivity index (χ3n) is 6.84. The summed E-state index contributed by atoms with van der Waals surface area (Å²) in [5, 5.41) is -0.0130. The first-order valence-electron chi connectivity index (χ1n) is 11.3. The number of carbonyl (C=O) groups is 3. The Hall–Kier alpha value is -1.93. The molecule has 1 aliphatic rings. The van der Waals surface area contributed by atoms with E-state index in [1.165, 1.54) is 4.90 Å². The van der Waals surface area contributed by atoms with Gasteiger partial charge >= 0.3 is 11.9 Å². The zero-order valence-corrected chi connectivity index (χ0v) is 22.2. The van der Waals surface area contributed by atoms with Crippen molar-refractivity contribution in [2.75, 3.05) is 19.8 Å². The summed E-state index contributed by atoms with van der Waals surface area (Å²) in [6, 6.07) is -0.556. The van der Waals surface area contributed by atoms with E-state index in [0.29, 0.717) is 6.61 Å². The van der Waals surface area contributed by atoms with Crippen molar-refractivity contribution in [1.29, 1.82) is 0 Å². The highest BCUT2D eigenvalue weighted by Gasteiger charge is 2.68. The second-order valence-corrected chi connectivity index (χ2v) is 14.5. The Kier molecular flexibility index (Phi) is 9.47. The van der Waals surface area contributed by atoms with E-state index in [1.54, 1.807) is 20.8 Å². The van der Waals surface area contributed by atoms with Gasteiger partial charge in [-0.15, -0.1) is 0 Å². The van der Waals surface area contributed by atoms with Crippen molar-refractivity contribution < 1.29 is 28.3 Å². The minimum atomic E-state index is -2.12. The fourth-order valence-corrected chi connectivity index (χ4v) is 5.04. The zero-order valence-electron chi connectivity index (χ0n) is 21.2. The molecule has 1 fully saturated rings. The number of hydrogen-bond donors (Lipinski definition) is 0. The Balaban J connectivity index is 3.69. The molecule has 0 aromatic heterocycles. The van der Waals surface area contributed by atoms with Crippen molar-refractivity contribution in [3.05, 3.63) is 24.8 Å². The van der Waals surface area contributed by atoms with E-state index in [9.17, 15) is 14.4 Å². The predicted molar refractivity (Wildman–Crippen MR) is 127 cm³/mol. The number of ether oxygens (including phenoxy) is 2. The maximum Gasteiger partial charge on any atom is 0.344 e. The molecule has 3 atom stereocenters. The second-order valence-electron chi connectivity index (χ2n) is 9.66. The Labute approximate surface area is 194 Å². The van der Waals surface area contributed by atoms with E-state index < -0.39 is 43.7 Å². The summed E-state index contributed by atoms with van der Waals surface area (Å²) >= 11 is 0. The molecule has 0 N–H and O–H groups in total. The molecule has 0 aromatic rings. The summed E-state index contributed by atoms with van der Waals surface area (Å²) in [4.78, 5) is 41.1. The lowest BCUT2D eigenvalue weighted by molar-refractivity contribution is -0.179. The molecule has 0 saturated carbocycles. The van der Waals surface area contributed by atoms with Gasteiger partial charge in [0.15, 0.2) is 8.32 Å². The van der Waals surface area contributed by atoms with Crippen LogP contribution in [0.5, 0.6) is 0 Å². The van der Waals surface area contributed by atoms with Gasteiger partial charge in [-0.05, 0) is 45.0 Å². The van der Waals surface area contributed by atoms with Crippen molar-refractivity contribution in [1.82, 2.24) is 4.90 Å². The van der Waals surface area contributed by atoms with E-state index >= 15 is 0 Å². The predicted octanol–water partition coefficient (Wildman–Crippen LogP) is 4.10. The first-order valence-corrected chi connectivity index (χ1v) is 14.3. The Morgan fingerprint density at radius 2 is 1.59 bits per heavy atom. The van der Waals surface area contributed by atoms with E-state index in [1.807, 2.05) is 19.1 Å². The third-order valence-corrected chi connectivity index (χ3v) is 11.3. The summed E-state index contributed by atoms with van der Waals surface area (Å²) in [5.41, 5.74) is -1.91. The van der Waals surface area contributed by atoms with Crippen LogP contribution < -0.4 is 0 Å². The lowest BCUT2D eigenvalue weighted by Gasteiger charge is -2.38. The Morgan fingerprint density at radius 3 is 1.97 bits per heavy atom. The van der Waals surface area contributed by atoms with Crippen LogP contribution in [0.25, 0.3) is 0 Å². The van der Waals surface area contributed by atoms with Crippen molar-refractivity contribution >= 4 is 26.2 Å². The fraction of sp³-hybridized carbons (Fsp3) is 0.708. The van der Waals surface area contributed by atoms with E-state index in [4.69, 9.17) is 13.9 Å². The number of nitrogens with zero attached hydrogens (tertiary/aromatic N) is 1. The molecule has 0 aliphatic carbocycles. The maximum absolute atomic E-state index is 13.4. The molecule has 1 amide bonds. The molecule has 0 radical (unpaired) electrons. The molecule has 1 saturated heterocycles. The quantitative estimate of drug-likeness (QED) is 0.167. The SMILES string of the molecule is C=CC(=O)N1[C@H](/C=C/C)[C@H](CO[Si](C)(C)C(C)(C)C)[C@@H](C)C1(C(=O)OCC)C(=O)OCC. The fourth-order valence-electron chi connectivity index (χ4n) is 3.99. The van der Waals surface area contributed by atoms with Gasteiger partial charge in [0.05, 0.1) is 19.3 Å². The monoisotopic (exact) mass is 467 g/mol. The second kappa shape index (κ2) is 10.8. The van der Waals surface area contributed by atoms with Gasteiger partial charge < -0.3 is 18.8 Å². The van der Waals surface area contributed by atoms with Crippen LogP contribution in [0.4, 0.5) is 0 Å². The summed E-state index contributed by atoms with van der Waals surface area (Å²) in [7, 11) is -2.12. The van der Waals surface area contributed by atoms with Crippen molar-refractivity contribution in [2.45, 2.75) is 78.2 Å². The van der Waals surface area contributed by atoms with E-state index in [-0.39, 0.29) is 24.2 Å². The molecule has 32 heavy (non-hydrogen) atoms. The van der Waals surface area contributed by atoms with Crippen LogP contribution in [0, 0.1) is 11.8 Å². The minimum absolute atomic E-state index is 0.0130. The number of likely N-dealkylation sites (tertiary alicyclic amines) is 1. The van der Waals surface area contributed by atoms with Crippen molar-refractivity contribution in [3.8, 4) is 0 Å². The van der Waals surface area contributed by atoms with Crippen LogP contribution in [0.1, 0.15) is 48.5 Å². The van der Waals surface area contributed by atoms with Gasteiger partial charge in [0.1, 0.15) is 0 Å². The van der Waals surface area contributed by atoms with Gasteiger partial charge in [-0.25, -0.2) is 9.59 Å². The smallest absolute Gasteiger partial charge is 0.344 e. The highest BCUT2D eigenvalue weighted by Crippen LogP contribution is 2.47. The molecule has 0 bridgehead atoms. The Morgan fingerprint density at radius 1 is 1.09 bits per heavy atom. The average molecular weight is 468 g/mol. The number of amides is 1. The molecule has 0 spiro atoms. The number of esters is 2. The van der Waals surface area contributed by atoms with Crippen LogP contribution in [0.3, 0.4) is 0 Å². The zero-order chi connectivity index (χ0) is 24.9. The van der Waals surface area contributed by atoms with Crippen LogP contribution in [-0.2, 0) is 28.3 Å². The highest BCUT2D eigenvalue weighted by atomic mass is 28.4. The van der Waals surface area contributed by atoms with Gasteiger partial charge in [-0.1, -0.05) is 46.4 Å². The molecule has 0 unspecified atom stereocenters. The largest absolute Gasteiger partial charge is 0.464 e. The molecule has 1 heterocycles. The normalized spacial score (nSPS) is 23.3. The van der Waals surface area contributed by atoms with Crippen LogP contribution in [0.15, 0.2) is 24.8 Å². The lowest BCUT2D eigenvalue weighted by atomic mass is 9.80. The molecule has 1 rings (SSSR count). The summed E-state index contributed by atoms with van der Waals surface area (Å²) < 4.78 is 17.2. The minimum Gasteiger partial charge on any atom is -0.464 e. The lowest BCUT2D eigenvalue weighted by Crippen LogP contribution is -2.63. The number of rotatable bonds is 9. The highest BCUT2D eigenvalue weighted by molar-refractivity contribution is 6.74. The molecule has 7 nitrogen and oxygen atoms in total. The Bertz CT molecular complexity index is 721. The number of carbonyl (C=O) groups excluding carboxylic acids is 3. The summed E-state index contributed by atoms with van der Waals surface area (Å²) in [5.74, 6) is -3.03. The molecular weight excluding hydrogens is 426 g/mol. The maximum atomic E-state index is 13.4. The van der Waals surface area contributed by atoms with Crippen LogP contribution in [0.2, 0.25) is 18.1 Å². The van der Waals surface area contributed by atoms with Gasteiger partial charge in [0.2, 0.25) is 11.4 Å². The van der Waals surface area contributed by atoms with E-state index in [0.717, 1.165) is 6.08 Å². The van der Waals surface area contributed by atoms with E-state index in [2.05, 4.69) is 40.4 Å². The summed E-state index contributed by atoms with van der Waals surface area (Å²) in [6.45, 7) is 21.7. The topological polar surface area (TPSA) is 82.1 Å². The van der Waals surface area contributed by atoms with Crippen LogP contribution >= 0.6 is 0 Å². The van der Waals surface area contributed by atoms with Crippen molar-refractivity contribution in [3.63, 3.8) is 0 Å². The molecule has 182 valence electrons. The molecular formula is C24H41NO6Si. The third kappa shape index (κ3) is 5.01. The number of allylic oxidation sites excluding steroid dienone is 1. The average Bonchev–Trinajstić information content (AvgIpc) is 2.94. The molecule has 8 heteroatoms. The summed E-state index contributed by atoms with van der Waals surface area (Å²) in [6.07, 6.45) is 4.76. The van der Waals surface area contributed by atoms with Crippen molar-refractivity contribution in [2.24, 2.45) is 11.8 Å². The standard InChI is InChI=1S/C24H41NO6Si/c1-11-15-19-18(16-31-32(9,10)23(6,7)8)17(5)24(21(27)29-13-3,22(28)30-14-4)25(19)20(26)12-2/h11-12,15,17-19H,2,13-14,16H2,1,3-10H3/b15-11+/t17-,18-,19-/m1/s1. The van der Waals surface area contributed by atoms with Crippen LogP contribution in [-0.4, -0.2) is 62.5 Å². The van der Waals surface area contributed by atoms with Gasteiger partial charge in [-0.3, -0.25) is 4.79 Å². The first kappa shape index (κ1) is 28.1. The van der Waals surface area contributed by atoms with Gasteiger partial charge in [0.25, 0.3) is 0 Å². The molecule has 0 aromatic carbocycles. The number of hydrogen-bond acceptors (Lipinski definition) is 6. The first-order chi connectivity index (χ1) is 14.8.